The first-order valence-electron chi connectivity index (χ1n) is 6.14. The highest BCUT2D eigenvalue weighted by molar-refractivity contribution is 5.74. The second-order valence-electron chi connectivity index (χ2n) is 4.32. The number of carboxylic acid groups (broad SMARTS) is 1. The molecule has 0 atom stereocenters. The lowest BCUT2D eigenvalue weighted by Gasteiger charge is -2.33. The molecule has 0 bridgehead atoms. The number of hydrogen-bond donors (Lipinski definition) is 3. The van der Waals surface area contributed by atoms with Crippen LogP contribution in [0.3, 0.4) is 0 Å². The summed E-state index contributed by atoms with van der Waals surface area (Å²) in [4.78, 5) is 32.4. The molecule has 3 amide bonds. The zero-order valence-corrected chi connectivity index (χ0v) is 10.5. The first-order chi connectivity index (χ1) is 9.16. The van der Waals surface area contributed by atoms with Crippen molar-refractivity contribution in [3.05, 3.63) is 18.2 Å². The highest BCUT2D eigenvalue weighted by Gasteiger charge is 2.23. The number of piperazine rings is 1. The van der Waals surface area contributed by atoms with Gasteiger partial charge in [0.05, 0.1) is 6.33 Å². The molecule has 8 nitrogen and oxygen atoms in total. The highest BCUT2D eigenvalue weighted by atomic mass is 16.4. The molecule has 0 aliphatic carbocycles. The lowest BCUT2D eigenvalue weighted by molar-refractivity contribution is 0.112. The van der Waals surface area contributed by atoms with E-state index < -0.39 is 6.09 Å². The van der Waals surface area contributed by atoms with Crippen LogP contribution in [0, 0.1) is 0 Å². The summed E-state index contributed by atoms with van der Waals surface area (Å²) in [5.41, 5.74) is 0.969. The van der Waals surface area contributed by atoms with Gasteiger partial charge in [0.15, 0.2) is 0 Å². The fraction of sp³-hybridized carbons (Fsp3) is 0.545. The summed E-state index contributed by atoms with van der Waals surface area (Å²) < 4.78 is 0. The van der Waals surface area contributed by atoms with E-state index in [0.29, 0.717) is 39.1 Å². The zero-order chi connectivity index (χ0) is 13.7. The van der Waals surface area contributed by atoms with Gasteiger partial charge in [-0.25, -0.2) is 14.6 Å². The molecule has 3 N–H and O–H groups in total. The summed E-state index contributed by atoms with van der Waals surface area (Å²) in [7, 11) is 0. The Bertz CT molecular complexity index is 426. The first kappa shape index (κ1) is 13.2. The van der Waals surface area contributed by atoms with Gasteiger partial charge >= 0.3 is 12.1 Å². The molecule has 0 radical (unpaired) electrons. The SMILES string of the molecule is O=C(O)N1CCN(C(=O)NCCc2cnc[nH]2)CC1. The van der Waals surface area contributed by atoms with Crippen LogP contribution in [-0.4, -0.2) is 69.7 Å². The van der Waals surface area contributed by atoms with Crippen molar-refractivity contribution >= 4 is 12.1 Å². The molecule has 0 saturated carbocycles. The molecule has 0 aromatic carbocycles. The van der Waals surface area contributed by atoms with E-state index >= 15 is 0 Å². The van der Waals surface area contributed by atoms with Crippen LogP contribution in [0.4, 0.5) is 9.59 Å². The Morgan fingerprint density at radius 2 is 2.00 bits per heavy atom. The molecular weight excluding hydrogens is 250 g/mol. The van der Waals surface area contributed by atoms with Gasteiger partial charge in [-0.3, -0.25) is 0 Å². The molecule has 8 heteroatoms. The quantitative estimate of drug-likeness (QED) is 0.715. The van der Waals surface area contributed by atoms with Crippen molar-refractivity contribution in [3.8, 4) is 0 Å². The van der Waals surface area contributed by atoms with Gasteiger partial charge in [0.25, 0.3) is 0 Å². The molecule has 0 unspecified atom stereocenters. The maximum atomic E-state index is 11.8. The van der Waals surface area contributed by atoms with Gasteiger partial charge in [-0.1, -0.05) is 0 Å². The van der Waals surface area contributed by atoms with Gasteiger partial charge in [0.2, 0.25) is 0 Å². The summed E-state index contributed by atoms with van der Waals surface area (Å²) in [5, 5.41) is 11.6. The smallest absolute Gasteiger partial charge is 0.407 e. The Balaban J connectivity index is 1.68. The van der Waals surface area contributed by atoms with E-state index in [-0.39, 0.29) is 6.03 Å². The molecule has 2 rings (SSSR count). The Hall–Kier alpha value is -2.25. The number of urea groups is 1. The molecule has 1 aliphatic rings. The Kier molecular flexibility index (Phi) is 4.22. The first-order valence-corrected chi connectivity index (χ1v) is 6.14. The van der Waals surface area contributed by atoms with Crippen LogP contribution in [0.15, 0.2) is 12.5 Å². The Morgan fingerprint density at radius 1 is 1.32 bits per heavy atom. The van der Waals surface area contributed by atoms with Crippen molar-refractivity contribution in [1.82, 2.24) is 25.1 Å². The number of aromatic nitrogens is 2. The summed E-state index contributed by atoms with van der Waals surface area (Å²) in [6, 6.07) is -0.149. The molecule has 1 aliphatic heterocycles. The van der Waals surface area contributed by atoms with Crippen molar-refractivity contribution in [2.24, 2.45) is 0 Å². The van der Waals surface area contributed by atoms with Crippen LogP contribution < -0.4 is 5.32 Å². The van der Waals surface area contributed by atoms with Gasteiger partial charge in [0, 0.05) is 51.0 Å². The number of amides is 3. The number of carbonyl (C=O) groups is 2. The van der Waals surface area contributed by atoms with E-state index in [0.717, 1.165) is 5.69 Å². The van der Waals surface area contributed by atoms with E-state index in [1.807, 2.05) is 0 Å². The fourth-order valence-corrected chi connectivity index (χ4v) is 1.94. The predicted octanol–water partition coefficient (Wildman–Crippen LogP) is -0.0426. The average Bonchev–Trinajstić information content (AvgIpc) is 2.92. The molecule has 1 aromatic heterocycles. The van der Waals surface area contributed by atoms with Crippen molar-refractivity contribution in [2.75, 3.05) is 32.7 Å². The summed E-state index contributed by atoms with van der Waals surface area (Å²) in [6.07, 6.45) is 3.08. The normalized spacial score (nSPS) is 15.4. The fourth-order valence-electron chi connectivity index (χ4n) is 1.94. The number of aromatic amines is 1. The van der Waals surface area contributed by atoms with Gasteiger partial charge in [-0.2, -0.15) is 0 Å². The second kappa shape index (κ2) is 6.07. The second-order valence-corrected chi connectivity index (χ2v) is 4.32. The van der Waals surface area contributed by atoms with Crippen molar-refractivity contribution in [2.45, 2.75) is 6.42 Å². The van der Waals surface area contributed by atoms with Crippen LogP contribution in [0.1, 0.15) is 5.69 Å². The van der Waals surface area contributed by atoms with E-state index in [9.17, 15) is 9.59 Å². The monoisotopic (exact) mass is 267 g/mol. The number of H-pyrrole nitrogens is 1. The van der Waals surface area contributed by atoms with E-state index in [2.05, 4.69) is 15.3 Å². The van der Waals surface area contributed by atoms with Crippen molar-refractivity contribution in [1.29, 1.82) is 0 Å². The standard InChI is InChI=1S/C11H17N5O3/c17-10(13-2-1-9-7-12-8-14-9)15-3-5-16(6-4-15)11(18)19/h7-8H,1-6H2,(H,12,14)(H,13,17)(H,18,19). The maximum Gasteiger partial charge on any atom is 0.407 e. The number of imidazole rings is 1. The number of rotatable bonds is 3. The predicted molar refractivity (Wildman–Crippen MR) is 66.9 cm³/mol. The third kappa shape index (κ3) is 3.60. The zero-order valence-electron chi connectivity index (χ0n) is 10.5. The molecule has 0 spiro atoms. The third-order valence-electron chi connectivity index (χ3n) is 3.06. The van der Waals surface area contributed by atoms with Crippen LogP contribution in [0.2, 0.25) is 0 Å². The topological polar surface area (TPSA) is 102 Å². The minimum absolute atomic E-state index is 0.149. The van der Waals surface area contributed by atoms with Crippen molar-refractivity contribution < 1.29 is 14.7 Å². The lowest BCUT2D eigenvalue weighted by atomic mass is 10.3. The maximum absolute atomic E-state index is 11.8. The molecule has 1 fully saturated rings. The number of carbonyl (C=O) groups excluding carboxylic acids is 1. The Morgan fingerprint density at radius 3 is 2.58 bits per heavy atom. The van der Waals surface area contributed by atoms with Crippen LogP contribution in [-0.2, 0) is 6.42 Å². The van der Waals surface area contributed by atoms with Crippen LogP contribution in [0.5, 0.6) is 0 Å². The molecule has 1 saturated heterocycles. The number of nitrogens with zero attached hydrogens (tertiary/aromatic N) is 3. The molecule has 1 aromatic rings. The van der Waals surface area contributed by atoms with E-state index in [1.54, 1.807) is 17.4 Å². The van der Waals surface area contributed by atoms with Crippen LogP contribution in [0.25, 0.3) is 0 Å². The molecule has 19 heavy (non-hydrogen) atoms. The largest absolute Gasteiger partial charge is 0.465 e. The van der Waals surface area contributed by atoms with Gasteiger partial charge in [0.1, 0.15) is 0 Å². The van der Waals surface area contributed by atoms with Gasteiger partial charge in [-0.05, 0) is 0 Å². The van der Waals surface area contributed by atoms with E-state index in [4.69, 9.17) is 5.11 Å². The highest BCUT2D eigenvalue weighted by Crippen LogP contribution is 2.02. The molecular formula is C11H17N5O3. The van der Waals surface area contributed by atoms with Gasteiger partial charge < -0.3 is 25.2 Å². The van der Waals surface area contributed by atoms with Crippen molar-refractivity contribution in [3.63, 3.8) is 0 Å². The minimum Gasteiger partial charge on any atom is -0.465 e. The van der Waals surface area contributed by atoms with E-state index in [1.165, 1.54) is 4.90 Å². The minimum atomic E-state index is -0.931. The number of nitrogens with one attached hydrogen (secondary N) is 2. The molecule has 2 heterocycles. The van der Waals surface area contributed by atoms with Gasteiger partial charge in [-0.15, -0.1) is 0 Å². The summed E-state index contributed by atoms with van der Waals surface area (Å²) in [6.45, 7) is 2.12. The third-order valence-corrected chi connectivity index (χ3v) is 3.06. The van der Waals surface area contributed by atoms with Crippen LogP contribution >= 0.6 is 0 Å². The summed E-state index contributed by atoms with van der Waals surface area (Å²) >= 11 is 0. The lowest BCUT2D eigenvalue weighted by Crippen LogP contribution is -2.53. The number of hydrogen-bond acceptors (Lipinski definition) is 3. The Labute approximate surface area is 110 Å². The molecule has 104 valence electrons. The average molecular weight is 267 g/mol. The summed E-state index contributed by atoms with van der Waals surface area (Å²) in [5.74, 6) is 0.